The summed E-state index contributed by atoms with van der Waals surface area (Å²) in [7, 11) is 0. The topological polar surface area (TPSA) is 23.5 Å². The lowest BCUT2D eigenvalue weighted by molar-refractivity contribution is -0.0827. The van der Waals surface area contributed by atoms with Crippen LogP contribution in [0.1, 0.15) is 142 Å². The standard InChI is InChI=1S/C27H47NO/c1-3-27(29,4-2)28-25-21-13-9-5-7-11-17-23(25)19-15-16-20-24-18-12-8-6-10-14-22-26(24)28/h29H,3-22H2,1-2H3/b25-23-,26-24-. The minimum atomic E-state index is -0.715. The minimum Gasteiger partial charge on any atom is -0.371 e. The fourth-order valence-corrected chi connectivity index (χ4v) is 5.95. The van der Waals surface area contributed by atoms with E-state index in [2.05, 4.69) is 18.7 Å². The van der Waals surface area contributed by atoms with Crippen molar-refractivity contribution in [1.82, 2.24) is 4.90 Å². The average Bonchev–Trinajstić information content (AvgIpc) is 2.95. The molecule has 2 nitrogen and oxygen atoms in total. The first kappa shape index (κ1) is 22.9. The van der Waals surface area contributed by atoms with E-state index in [1.165, 1.54) is 116 Å². The number of allylic oxidation sites excluding steroid dienone is 4. The van der Waals surface area contributed by atoms with Crippen molar-refractivity contribution < 1.29 is 5.11 Å². The van der Waals surface area contributed by atoms with E-state index in [1.807, 2.05) is 0 Å². The molecular weight excluding hydrogens is 354 g/mol. The van der Waals surface area contributed by atoms with E-state index in [1.54, 1.807) is 22.5 Å². The second-order valence-electron chi connectivity index (χ2n) is 9.87. The molecule has 0 unspecified atom stereocenters. The zero-order valence-electron chi connectivity index (χ0n) is 19.5. The van der Waals surface area contributed by atoms with Crippen LogP contribution in [-0.2, 0) is 0 Å². The Morgan fingerprint density at radius 2 is 0.862 bits per heavy atom. The van der Waals surface area contributed by atoms with E-state index < -0.39 is 5.72 Å². The number of hydrogen-bond acceptors (Lipinski definition) is 2. The molecule has 1 N–H and O–H groups in total. The molecule has 0 aromatic rings. The van der Waals surface area contributed by atoms with Gasteiger partial charge in [0.15, 0.2) is 0 Å². The first-order chi connectivity index (χ1) is 14.2. The van der Waals surface area contributed by atoms with Gasteiger partial charge in [0.25, 0.3) is 0 Å². The normalized spacial score (nSPS) is 28.9. The van der Waals surface area contributed by atoms with Crippen LogP contribution in [-0.4, -0.2) is 15.7 Å². The third kappa shape index (κ3) is 5.90. The maximum atomic E-state index is 12.0. The highest BCUT2D eigenvalue weighted by Gasteiger charge is 2.37. The second-order valence-corrected chi connectivity index (χ2v) is 9.87. The molecule has 1 heterocycles. The van der Waals surface area contributed by atoms with Gasteiger partial charge in [-0.15, -0.1) is 0 Å². The molecule has 0 radical (unpaired) electrons. The molecule has 29 heavy (non-hydrogen) atoms. The number of aliphatic hydroxyl groups is 1. The minimum absolute atomic E-state index is 0.715. The van der Waals surface area contributed by atoms with Crippen LogP contribution in [0.4, 0.5) is 0 Å². The van der Waals surface area contributed by atoms with E-state index in [4.69, 9.17) is 0 Å². The van der Waals surface area contributed by atoms with E-state index in [-0.39, 0.29) is 0 Å². The summed E-state index contributed by atoms with van der Waals surface area (Å²) < 4.78 is 0. The van der Waals surface area contributed by atoms with E-state index >= 15 is 0 Å². The Labute approximate surface area is 180 Å². The molecule has 3 rings (SSSR count). The Morgan fingerprint density at radius 3 is 1.24 bits per heavy atom. The molecule has 0 aromatic carbocycles. The first-order valence-electron chi connectivity index (χ1n) is 13.1. The van der Waals surface area contributed by atoms with Gasteiger partial charge in [-0.3, -0.25) is 0 Å². The molecule has 0 saturated heterocycles. The van der Waals surface area contributed by atoms with Gasteiger partial charge >= 0.3 is 0 Å². The smallest absolute Gasteiger partial charge is 0.141 e. The van der Waals surface area contributed by atoms with Gasteiger partial charge < -0.3 is 10.0 Å². The molecule has 0 spiro atoms. The highest BCUT2D eigenvalue weighted by molar-refractivity contribution is 5.27. The van der Waals surface area contributed by atoms with E-state index in [0.29, 0.717) is 0 Å². The van der Waals surface area contributed by atoms with Gasteiger partial charge in [-0.1, -0.05) is 63.5 Å². The molecule has 166 valence electrons. The molecule has 2 heteroatoms. The van der Waals surface area contributed by atoms with Gasteiger partial charge in [-0.2, -0.15) is 0 Å². The largest absolute Gasteiger partial charge is 0.371 e. The molecule has 1 aliphatic heterocycles. The van der Waals surface area contributed by atoms with Crippen LogP contribution in [0.3, 0.4) is 0 Å². The quantitative estimate of drug-likeness (QED) is 0.513. The lowest BCUT2D eigenvalue weighted by atomic mass is 9.93. The van der Waals surface area contributed by atoms with Crippen LogP contribution in [0.2, 0.25) is 0 Å². The Bertz CT molecular complexity index is 527. The third-order valence-electron chi connectivity index (χ3n) is 7.90. The summed E-state index contributed by atoms with van der Waals surface area (Å²) in [6.07, 6.45) is 25.2. The Hall–Kier alpha value is -0.760. The SMILES string of the molecule is CCC(O)(CC)N1/C2=C(/CCCCCCC2)CCCC/C2=C\1CCCCCCC2. The lowest BCUT2D eigenvalue weighted by Crippen LogP contribution is -2.47. The van der Waals surface area contributed by atoms with Crippen LogP contribution in [0.5, 0.6) is 0 Å². The molecule has 0 saturated carbocycles. The molecule has 0 atom stereocenters. The maximum absolute atomic E-state index is 12.0. The Balaban J connectivity index is 2.13. The predicted octanol–water partition coefficient (Wildman–Crippen LogP) is 8.37. The summed E-state index contributed by atoms with van der Waals surface area (Å²) in [6, 6.07) is 0. The Kier molecular flexibility index (Phi) is 9.15. The fourth-order valence-electron chi connectivity index (χ4n) is 5.95. The van der Waals surface area contributed by atoms with Crippen molar-refractivity contribution in [3.05, 3.63) is 22.5 Å². The zero-order chi connectivity index (χ0) is 20.5. The van der Waals surface area contributed by atoms with Gasteiger partial charge in [-0.05, 0) is 89.9 Å². The molecule has 0 fully saturated rings. The molecule has 3 aliphatic rings. The van der Waals surface area contributed by atoms with Gasteiger partial charge in [0.2, 0.25) is 0 Å². The second kappa shape index (κ2) is 11.6. The lowest BCUT2D eigenvalue weighted by Gasteiger charge is -2.45. The summed E-state index contributed by atoms with van der Waals surface area (Å²) in [4.78, 5) is 2.57. The predicted molar refractivity (Wildman–Crippen MR) is 125 cm³/mol. The number of nitrogens with zero attached hydrogens (tertiary/aromatic N) is 1. The van der Waals surface area contributed by atoms with Gasteiger partial charge in [0.05, 0.1) is 0 Å². The van der Waals surface area contributed by atoms with Crippen molar-refractivity contribution in [3.8, 4) is 0 Å². The van der Waals surface area contributed by atoms with Crippen LogP contribution < -0.4 is 0 Å². The van der Waals surface area contributed by atoms with Crippen LogP contribution in [0.15, 0.2) is 22.5 Å². The summed E-state index contributed by atoms with van der Waals surface area (Å²) in [6.45, 7) is 4.39. The van der Waals surface area contributed by atoms with Crippen molar-refractivity contribution in [2.75, 3.05) is 0 Å². The third-order valence-corrected chi connectivity index (χ3v) is 7.90. The molecular formula is C27H47NO. The number of rotatable bonds is 3. The van der Waals surface area contributed by atoms with Crippen molar-refractivity contribution in [1.29, 1.82) is 0 Å². The van der Waals surface area contributed by atoms with Crippen molar-refractivity contribution in [2.45, 2.75) is 148 Å². The monoisotopic (exact) mass is 401 g/mol. The van der Waals surface area contributed by atoms with Gasteiger partial charge in [-0.25, -0.2) is 0 Å². The van der Waals surface area contributed by atoms with Gasteiger partial charge in [0, 0.05) is 11.4 Å². The molecule has 2 aliphatic carbocycles. The molecule has 0 aromatic heterocycles. The summed E-state index contributed by atoms with van der Waals surface area (Å²) in [5.74, 6) is 0. The van der Waals surface area contributed by atoms with Crippen LogP contribution >= 0.6 is 0 Å². The summed E-state index contributed by atoms with van der Waals surface area (Å²) in [5.41, 5.74) is 5.77. The van der Waals surface area contributed by atoms with E-state index in [9.17, 15) is 5.11 Å². The molecule has 0 bridgehead atoms. The fraction of sp³-hybridized carbons (Fsp3) is 0.852. The highest BCUT2D eigenvalue weighted by Crippen LogP contribution is 2.42. The van der Waals surface area contributed by atoms with Crippen LogP contribution in [0, 0.1) is 0 Å². The van der Waals surface area contributed by atoms with E-state index in [0.717, 1.165) is 12.8 Å². The first-order valence-corrected chi connectivity index (χ1v) is 13.1. The summed E-state index contributed by atoms with van der Waals surface area (Å²) in [5, 5.41) is 12.0. The van der Waals surface area contributed by atoms with Crippen LogP contribution in [0.25, 0.3) is 0 Å². The Morgan fingerprint density at radius 1 is 0.552 bits per heavy atom. The van der Waals surface area contributed by atoms with Crippen molar-refractivity contribution in [2.24, 2.45) is 0 Å². The molecule has 0 amide bonds. The van der Waals surface area contributed by atoms with Gasteiger partial charge in [0.1, 0.15) is 5.72 Å². The average molecular weight is 402 g/mol. The summed E-state index contributed by atoms with van der Waals surface area (Å²) >= 11 is 0. The zero-order valence-corrected chi connectivity index (χ0v) is 19.5. The van der Waals surface area contributed by atoms with Crippen molar-refractivity contribution in [3.63, 3.8) is 0 Å². The maximum Gasteiger partial charge on any atom is 0.141 e. The van der Waals surface area contributed by atoms with Crippen molar-refractivity contribution >= 4 is 0 Å². The highest BCUT2D eigenvalue weighted by atomic mass is 16.3. The number of hydrogen-bond donors (Lipinski definition) is 1.